The number of nitrogens with zero attached hydrogens (tertiary/aromatic N) is 2. The van der Waals surface area contributed by atoms with Crippen LogP contribution in [-0.4, -0.2) is 46.5 Å². The van der Waals surface area contributed by atoms with Crippen molar-refractivity contribution in [3.8, 4) is 0 Å². The summed E-state index contributed by atoms with van der Waals surface area (Å²) < 4.78 is 13.6. The molecule has 1 aliphatic heterocycles. The third-order valence-electron chi connectivity index (χ3n) is 4.48. The molecule has 1 aromatic carbocycles. The number of halogens is 1. The molecule has 25 heavy (non-hydrogen) atoms. The smallest absolute Gasteiger partial charge is 0.254 e. The largest absolute Gasteiger partial charge is 0.351 e. The van der Waals surface area contributed by atoms with Gasteiger partial charge in [0.15, 0.2) is 0 Å². The molecule has 0 aliphatic carbocycles. The second kappa shape index (κ2) is 7.92. The van der Waals surface area contributed by atoms with Crippen LogP contribution in [0.4, 0.5) is 4.39 Å². The van der Waals surface area contributed by atoms with E-state index in [1.165, 1.54) is 18.2 Å². The van der Waals surface area contributed by atoms with Gasteiger partial charge in [-0.25, -0.2) is 4.39 Å². The monoisotopic (exact) mass is 344 g/mol. The van der Waals surface area contributed by atoms with Crippen LogP contribution < -0.4 is 5.32 Å². The number of rotatable bonds is 5. The van der Waals surface area contributed by atoms with Crippen molar-refractivity contribution in [1.82, 2.24) is 20.4 Å². The van der Waals surface area contributed by atoms with Crippen LogP contribution in [0.3, 0.4) is 0 Å². The van der Waals surface area contributed by atoms with Gasteiger partial charge in [-0.3, -0.25) is 14.7 Å². The van der Waals surface area contributed by atoms with Crippen molar-refractivity contribution in [3.63, 3.8) is 0 Å². The highest BCUT2D eigenvalue weighted by Crippen LogP contribution is 2.25. The lowest BCUT2D eigenvalue weighted by Gasteiger charge is -2.32. The Labute approximate surface area is 145 Å². The molecule has 1 unspecified atom stereocenters. The lowest BCUT2D eigenvalue weighted by Crippen LogP contribution is -2.40. The molecule has 1 saturated heterocycles. The van der Waals surface area contributed by atoms with Crippen molar-refractivity contribution in [2.45, 2.75) is 25.2 Å². The average Bonchev–Trinajstić information content (AvgIpc) is 3.17. The summed E-state index contributed by atoms with van der Waals surface area (Å²) in [6.45, 7) is 1.57. The Bertz CT molecular complexity index is 732. The first-order chi connectivity index (χ1) is 12.1. The number of benzene rings is 1. The molecule has 132 valence electrons. The first kappa shape index (κ1) is 17.1. The van der Waals surface area contributed by atoms with E-state index in [2.05, 4.69) is 15.5 Å². The molecule has 2 amide bonds. The predicted molar refractivity (Wildman–Crippen MR) is 90.5 cm³/mol. The predicted octanol–water partition coefficient (Wildman–Crippen LogP) is 2.07. The van der Waals surface area contributed by atoms with Gasteiger partial charge in [-0.1, -0.05) is 12.1 Å². The van der Waals surface area contributed by atoms with Crippen LogP contribution in [-0.2, 0) is 4.79 Å². The van der Waals surface area contributed by atoms with E-state index in [4.69, 9.17) is 0 Å². The fourth-order valence-electron chi connectivity index (χ4n) is 3.13. The lowest BCUT2D eigenvalue weighted by atomic mass is 9.95. The molecule has 7 heteroatoms. The Morgan fingerprint density at radius 2 is 2.16 bits per heavy atom. The van der Waals surface area contributed by atoms with Gasteiger partial charge >= 0.3 is 0 Å². The normalized spacial score (nSPS) is 17.3. The van der Waals surface area contributed by atoms with Gasteiger partial charge in [-0.15, -0.1) is 0 Å². The van der Waals surface area contributed by atoms with Crippen molar-refractivity contribution >= 4 is 11.8 Å². The van der Waals surface area contributed by atoms with Gasteiger partial charge in [0.05, 0.1) is 5.56 Å². The van der Waals surface area contributed by atoms with E-state index < -0.39 is 11.7 Å². The van der Waals surface area contributed by atoms with Gasteiger partial charge in [0.25, 0.3) is 5.91 Å². The molecule has 1 aliphatic rings. The molecule has 0 bridgehead atoms. The van der Waals surface area contributed by atoms with Crippen molar-refractivity contribution in [1.29, 1.82) is 0 Å². The van der Waals surface area contributed by atoms with Crippen molar-refractivity contribution in [2.75, 3.05) is 19.6 Å². The minimum atomic E-state index is -0.565. The fraction of sp³-hybridized carbons (Fsp3) is 0.389. The van der Waals surface area contributed by atoms with E-state index in [0.29, 0.717) is 6.54 Å². The molecule has 1 fully saturated rings. The van der Waals surface area contributed by atoms with Crippen molar-refractivity contribution < 1.29 is 14.0 Å². The van der Waals surface area contributed by atoms with E-state index in [1.807, 2.05) is 11.0 Å². The zero-order valence-corrected chi connectivity index (χ0v) is 13.9. The van der Waals surface area contributed by atoms with Crippen LogP contribution in [0.2, 0.25) is 0 Å². The first-order valence-corrected chi connectivity index (χ1v) is 8.45. The number of nitrogens with one attached hydrogen (secondary N) is 2. The van der Waals surface area contributed by atoms with Gasteiger partial charge in [0.2, 0.25) is 5.91 Å². The molecule has 2 aromatic rings. The molecule has 3 rings (SSSR count). The minimum Gasteiger partial charge on any atom is -0.351 e. The number of hydrogen-bond donors (Lipinski definition) is 2. The van der Waals surface area contributed by atoms with Crippen LogP contribution in [0.1, 0.15) is 41.2 Å². The van der Waals surface area contributed by atoms with E-state index >= 15 is 0 Å². The standard InChI is InChI=1S/C18H21FN4O2/c19-15-6-2-1-5-14(15)18(25)20-9-8-17(24)23-11-3-4-13(12-23)16-7-10-21-22-16/h1-2,5-7,10,13H,3-4,8-9,11-12H2,(H,20,25)(H,21,22). The maximum Gasteiger partial charge on any atom is 0.254 e. The first-order valence-electron chi connectivity index (χ1n) is 8.45. The number of piperidine rings is 1. The highest BCUT2D eigenvalue weighted by atomic mass is 19.1. The molecule has 1 atom stereocenters. The number of aromatic amines is 1. The highest BCUT2D eigenvalue weighted by molar-refractivity contribution is 5.94. The second-order valence-corrected chi connectivity index (χ2v) is 6.18. The van der Waals surface area contributed by atoms with Crippen LogP contribution in [0.25, 0.3) is 0 Å². The number of carbonyl (C=O) groups is 2. The molecule has 0 saturated carbocycles. The summed E-state index contributed by atoms with van der Waals surface area (Å²) >= 11 is 0. The molecule has 2 heterocycles. The molecule has 6 nitrogen and oxygen atoms in total. The summed E-state index contributed by atoms with van der Waals surface area (Å²) in [6.07, 6.45) is 3.89. The zero-order chi connectivity index (χ0) is 17.6. The van der Waals surface area contributed by atoms with Crippen LogP contribution in [0, 0.1) is 5.82 Å². The topological polar surface area (TPSA) is 78.1 Å². The molecular weight excluding hydrogens is 323 g/mol. The van der Waals surface area contributed by atoms with E-state index in [-0.39, 0.29) is 30.4 Å². The maximum atomic E-state index is 13.6. The van der Waals surface area contributed by atoms with Gasteiger partial charge in [0.1, 0.15) is 5.82 Å². The van der Waals surface area contributed by atoms with Crippen LogP contribution in [0.5, 0.6) is 0 Å². The number of carbonyl (C=O) groups excluding carboxylic acids is 2. The number of aromatic nitrogens is 2. The summed E-state index contributed by atoms with van der Waals surface area (Å²) in [4.78, 5) is 26.1. The average molecular weight is 344 g/mol. The van der Waals surface area contributed by atoms with Gasteiger partial charge < -0.3 is 10.2 Å². The molecule has 0 radical (unpaired) electrons. The summed E-state index contributed by atoms with van der Waals surface area (Å²) in [5, 5.41) is 9.54. The highest BCUT2D eigenvalue weighted by Gasteiger charge is 2.25. The summed E-state index contributed by atoms with van der Waals surface area (Å²) in [5.41, 5.74) is 1.04. The minimum absolute atomic E-state index is 0.00181. The van der Waals surface area contributed by atoms with Crippen LogP contribution >= 0.6 is 0 Å². The van der Waals surface area contributed by atoms with Crippen molar-refractivity contribution in [2.24, 2.45) is 0 Å². The SMILES string of the molecule is O=C(NCCC(=O)N1CCCC(c2ccn[nH]2)C1)c1ccccc1F. The Kier molecular flexibility index (Phi) is 5.42. The van der Waals surface area contributed by atoms with Gasteiger partial charge in [0, 0.05) is 43.9 Å². The molecule has 1 aromatic heterocycles. The molecule has 2 N–H and O–H groups in total. The third kappa shape index (κ3) is 4.23. The van der Waals surface area contributed by atoms with E-state index in [9.17, 15) is 14.0 Å². The zero-order valence-electron chi connectivity index (χ0n) is 13.9. The van der Waals surface area contributed by atoms with E-state index in [0.717, 1.165) is 25.1 Å². The molecular formula is C18H21FN4O2. The number of H-pyrrole nitrogens is 1. The quantitative estimate of drug-likeness (QED) is 0.872. The van der Waals surface area contributed by atoms with Gasteiger partial charge in [-0.05, 0) is 31.0 Å². The van der Waals surface area contributed by atoms with Crippen molar-refractivity contribution in [3.05, 3.63) is 53.6 Å². The summed E-state index contributed by atoms with van der Waals surface area (Å²) in [6, 6.07) is 7.73. The summed E-state index contributed by atoms with van der Waals surface area (Å²) in [7, 11) is 0. The Hall–Kier alpha value is -2.70. The lowest BCUT2D eigenvalue weighted by molar-refractivity contribution is -0.132. The van der Waals surface area contributed by atoms with Gasteiger partial charge in [-0.2, -0.15) is 5.10 Å². The molecule has 0 spiro atoms. The fourth-order valence-corrected chi connectivity index (χ4v) is 3.13. The Balaban J connectivity index is 1.47. The number of hydrogen-bond acceptors (Lipinski definition) is 3. The maximum absolute atomic E-state index is 13.6. The number of amides is 2. The third-order valence-corrected chi connectivity index (χ3v) is 4.48. The second-order valence-electron chi connectivity index (χ2n) is 6.18. The van der Waals surface area contributed by atoms with E-state index in [1.54, 1.807) is 12.3 Å². The van der Waals surface area contributed by atoms with Crippen LogP contribution in [0.15, 0.2) is 36.5 Å². The number of likely N-dealkylation sites (tertiary alicyclic amines) is 1. The summed E-state index contributed by atoms with van der Waals surface area (Å²) in [5.74, 6) is -0.795. The Morgan fingerprint density at radius 3 is 2.92 bits per heavy atom. The Morgan fingerprint density at radius 1 is 1.32 bits per heavy atom.